The van der Waals surface area contributed by atoms with Gasteiger partial charge in [0, 0.05) is 44.0 Å². The molecule has 0 unspecified atom stereocenters. The zero-order valence-corrected chi connectivity index (χ0v) is 18.5. The lowest BCUT2D eigenvalue weighted by Crippen LogP contribution is -2.39. The number of aromatic amines is 1. The molecule has 5 rings (SSSR count). The van der Waals surface area contributed by atoms with Crippen LogP contribution in [-0.2, 0) is 6.54 Å². The number of carbonyl (C=O) groups is 1. The summed E-state index contributed by atoms with van der Waals surface area (Å²) in [6.45, 7) is 7.61. The summed E-state index contributed by atoms with van der Waals surface area (Å²) in [5.74, 6) is 1.83. The highest BCUT2D eigenvalue weighted by atomic mass is 16.1. The van der Waals surface area contributed by atoms with Crippen LogP contribution in [0.4, 0.5) is 5.82 Å². The third-order valence-electron chi connectivity index (χ3n) is 6.07. The van der Waals surface area contributed by atoms with Gasteiger partial charge in [-0.3, -0.25) is 4.79 Å². The van der Waals surface area contributed by atoms with E-state index in [0.717, 1.165) is 60.4 Å². The maximum absolute atomic E-state index is 12.7. The summed E-state index contributed by atoms with van der Waals surface area (Å²) in [6.07, 6.45) is 8.96. The Morgan fingerprint density at radius 3 is 2.88 bits per heavy atom. The number of nitrogens with one attached hydrogen (secondary N) is 2. The normalized spacial score (nSPS) is 15.2. The molecule has 0 atom stereocenters. The summed E-state index contributed by atoms with van der Waals surface area (Å²) in [4.78, 5) is 31.4. The van der Waals surface area contributed by atoms with Gasteiger partial charge in [-0.2, -0.15) is 5.10 Å². The number of hydrogen-bond donors (Lipinski definition) is 2. The predicted octanol–water partition coefficient (Wildman–Crippen LogP) is 3.01. The first-order chi connectivity index (χ1) is 15.6. The summed E-state index contributed by atoms with van der Waals surface area (Å²) in [6, 6.07) is 3.90. The molecule has 5 heterocycles. The topological polar surface area (TPSA) is 105 Å². The van der Waals surface area contributed by atoms with Crippen molar-refractivity contribution in [3.63, 3.8) is 0 Å². The van der Waals surface area contributed by atoms with Gasteiger partial charge in [0.15, 0.2) is 5.65 Å². The number of nitrogens with zero attached hydrogens (tertiary/aromatic N) is 6. The molecule has 0 saturated carbocycles. The van der Waals surface area contributed by atoms with E-state index in [4.69, 9.17) is 0 Å². The Labute approximate surface area is 186 Å². The van der Waals surface area contributed by atoms with Gasteiger partial charge in [0.2, 0.25) is 0 Å². The van der Waals surface area contributed by atoms with Gasteiger partial charge in [0.05, 0.1) is 17.1 Å². The lowest BCUT2D eigenvalue weighted by molar-refractivity contribution is 0.0944. The smallest absolute Gasteiger partial charge is 0.252 e. The zero-order chi connectivity index (χ0) is 22.1. The third-order valence-corrected chi connectivity index (χ3v) is 6.07. The summed E-state index contributed by atoms with van der Waals surface area (Å²) < 4.78 is 1.90. The average molecular weight is 433 g/mol. The van der Waals surface area contributed by atoms with E-state index in [9.17, 15) is 4.79 Å². The maximum Gasteiger partial charge on any atom is 0.252 e. The first kappa shape index (κ1) is 20.4. The molecule has 4 aromatic rings. The van der Waals surface area contributed by atoms with Crippen LogP contribution in [0.25, 0.3) is 22.1 Å². The Kier molecular flexibility index (Phi) is 5.46. The zero-order valence-electron chi connectivity index (χ0n) is 18.5. The van der Waals surface area contributed by atoms with Crippen LogP contribution in [0.5, 0.6) is 0 Å². The molecule has 1 saturated heterocycles. The molecule has 0 bridgehead atoms. The summed E-state index contributed by atoms with van der Waals surface area (Å²) in [5, 5.41) is 9.46. The molecule has 2 N–H and O–H groups in total. The Balaban J connectivity index is 1.17. The summed E-state index contributed by atoms with van der Waals surface area (Å²) >= 11 is 0. The summed E-state index contributed by atoms with van der Waals surface area (Å²) in [7, 11) is 0. The van der Waals surface area contributed by atoms with Crippen molar-refractivity contribution in [3.8, 4) is 0 Å². The van der Waals surface area contributed by atoms with Crippen LogP contribution in [0.1, 0.15) is 37.0 Å². The number of amides is 1. The molecule has 0 spiro atoms. The van der Waals surface area contributed by atoms with Crippen LogP contribution < -0.4 is 10.2 Å². The van der Waals surface area contributed by atoms with E-state index in [0.29, 0.717) is 23.9 Å². The van der Waals surface area contributed by atoms with Crippen LogP contribution in [-0.4, -0.2) is 55.3 Å². The van der Waals surface area contributed by atoms with E-state index in [1.807, 2.05) is 23.0 Å². The van der Waals surface area contributed by atoms with Crippen molar-refractivity contribution in [2.24, 2.45) is 11.8 Å². The van der Waals surface area contributed by atoms with E-state index >= 15 is 0 Å². The molecule has 32 heavy (non-hydrogen) atoms. The molecule has 0 aromatic carbocycles. The molecular weight excluding hydrogens is 404 g/mol. The van der Waals surface area contributed by atoms with Crippen molar-refractivity contribution in [3.05, 3.63) is 42.6 Å². The van der Waals surface area contributed by atoms with Crippen LogP contribution in [0, 0.1) is 11.8 Å². The maximum atomic E-state index is 12.7. The van der Waals surface area contributed by atoms with Crippen molar-refractivity contribution >= 4 is 33.8 Å². The van der Waals surface area contributed by atoms with E-state index in [1.165, 1.54) is 0 Å². The molecule has 0 radical (unpaired) electrons. The first-order valence-electron chi connectivity index (χ1n) is 11.2. The highest BCUT2D eigenvalue weighted by molar-refractivity contribution is 5.96. The van der Waals surface area contributed by atoms with Crippen LogP contribution in [0.3, 0.4) is 0 Å². The second-order valence-corrected chi connectivity index (χ2v) is 8.94. The van der Waals surface area contributed by atoms with Gasteiger partial charge in [-0.15, -0.1) is 0 Å². The Bertz CT molecular complexity index is 1240. The fourth-order valence-corrected chi connectivity index (χ4v) is 4.37. The number of H-pyrrole nitrogens is 1. The monoisotopic (exact) mass is 432 g/mol. The van der Waals surface area contributed by atoms with Gasteiger partial charge in [-0.05, 0) is 36.8 Å². The number of carbonyl (C=O) groups excluding carboxylic acids is 1. The Morgan fingerprint density at radius 2 is 2.06 bits per heavy atom. The highest BCUT2D eigenvalue weighted by Crippen LogP contribution is 2.26. The number of pyridine rings is 1. The van der Waals surface area contributed by atoms with Crippen molar-refractivity contribution in [2.45, 2.75) is 33.2 Å². The predicted molar refractivity (Wildman–Crippen MR) is 124 cm³/mol. The van der Waals surface area contributed by atoms with Gasteiger partial charge in [0.25, 0.3) is 5.91 Å². The molecule has 1 aliphatic heterocycles. The molecule has 9 nitrogen and oxygen atoms in total. The van der Waals surface area contributed by atoms with Crippen molar-refractivity contribution in [2.75, 3.05) is 24.5 Å². The van der Waals surface area contributed by atoms with Crippen molar-refractivity contribution in [1.82, 2.24) is 35.0 Å². The summed E-state index contributed by atoms with van der Waals surface area (Å²) in [5.41, 5.74) is 2.27. The highest BCUT2D eigenvalue weighted by Gasteiger charge is 2.22. The number of rotatable bonds is 6. The second kappa shape index (κ2) is 8.57. The number of aromatic nitrogens is 6. The van der Waals surface area contributed by atoms with Gasteiger partial charge in [-0.1, -0.05) is 13.8 Å². The Morgan fingerprint density at radius 1 is 1.22 bits per heavy atom. The number of hydrogen-bond acceptors (Lipinski definition) is 6. The quantitative estimate of drug-likeness (QED) is 0.485. The van der Waals surface area contributed by atoms with E-state index in [-0.39, 0.29) is 5.91 Å². The van der Waals surface area contributed by atoms with Crippen LogP contribution in [0.15, 0.2) is 37.1 Å². The minimum atomic E-state index is -0.0803. The standard InChI is InChI=1S/C23H28N8O/c1-15(2)13-31-21-17(12-29-31)9-18(11-25-21)23(32)26-10-16-4-7-30(8-5-16)22-19-3-6-24-20(19)27-14-28-22/h3,6,9,11-12,14-16H,4-5,7-8,10,13H2,1-2H3,(H,26,32)(H,24,27,28). The Hall–Kier alpha value is -3.49. The minimum Gasteiger partial charge on any atom is -0.356 e. The molecule has 1 aliphatic rings. The SMILES string of the molecule is CC(C)Cn1ncc2cc(C(=O)NCC3CCN(c4ncnc5[nH]ccc45)CC3)cnc21. The molecular formula is C23H28N8O. The fraction of sp³-hybridized carbons (Fsp3) is 0.435. The lowest BCUT2D eigenvalue weighted by Gasteiger charge is -2.33. The van der Waals surface area contributed by atoms with Crippen LogP contribution in [0.2, 0.25) is 0 Å². The van der Waals surface area contributed by atoms with E-state index in [1.54, 1.807) is 18.7 Å². The van der Waals surface area contributed by atoms with Crippen LogP contribution >= 0.6 is 0 Å². The van der Waals surface area contributed by atoms with Gasteiger partial charge >= 0.3 is 0 Å². The molecule has 1 amide bonds. The van der Waals surface area contributed by atoms with Gasteiger partial charge < -0.3 is 15.2 Å². The van der Waals surface area contributed by atoms with Crippen molar-refractivity contribution < 1.29 is 4.79 Å². The van der Waals surface area contributed by atoms with Crippen molar-refractivity contribution in [1.29, 1.82) is 0 Å². The molecule has 1 fully saturated rings. The molecule has 4 aromatic heterocycles. The van der Waals surface area contributed by atoms with Gasteiger partial charge in [0.1, 0.15) is 17.8 Å². The third kappa shape index (κ3) is 4.02. The fourth-order valence-electron chi connectivity index (χ4n) is 4.37. The molecule has 0 aliphatic carbocycles. The molecule has 166 valence electrons. The number of fused-ring (bicyclic) bond motifs is 2. The second-order valence-electron chi connectivity index (χ2n) is 8.94. The average Bonchev–Trinajstić information content (AvgIpc) is 3.44. The first-order valence-corrected chi connectivity index (χ1v) is 11.2. The van der Waals surface area contributed by atoms with E-state index < -0.39 is 0 Å². The minimum absolute atomic E-state index is 0.0803. The van der Waals surface area contributed by atoms with E-state index in [2.05, 4.69) is 49.1 Å². The number of piperidine rings is 1. The lowest BCUT2D eigenvalue weighted by atomic mass is 9.96. The number of anilines is 1. The van der Waals surface area contributed by atoms with Gasteiger partial charge in [-0.25, -0.2) is 19.6 Å². The molecule has 9 heteroatoms. The largest absolute Gasteiger partial charge is 0.356 e.